The Morgan fingerprint density at radius 1 is 1.28 bits per heavy atom. The third-order valence-corrected chi connectivity index (χ3v) is 4.95. The van der Waals surface area contributed by atoms with E-state index < -0.39 is 0 Å². The van der Waals surface area contributed by atoms with Gasteiger partial charge in [-0.15, -0.1) is 0 Å². The lowest BCUT2D eigenvalue weighted by atomic mass is 10.1. The Kier molecular flexibility index (Phi) is 5.74. The van der Waals surface area contributed by atoms with E-state index in [1.54, 1.807) is 7.11 Å². The maximum absolute atomic E-state index is 12.6. The van der Waals surface area contributed by atoms with Crippen LogP contribution in [0, 0.1) is 0 Å². The van der Waals surface area contributed by atoms with Crippen molar-refractivity contribution in [1.29, 1.82) is 0 Å². The number of aromatic nitrogens is 2. The molecule has 1 aliphatic rings. The van der Waals surface area contributed by atoms with Crippen molar-refractivity contribution < 1.29 is 9.53 Å². The second kappa shape index (κ2) is 8.19. The van der Waals surface area contributed by atoms with Gasteiger partial charge in [0.2, 0.25) is 5.91 Å². The zero-order valence-electron chi connectivity index (χ0n) is 15.1. The van der Waals surface area contributed by atoms with Gasteiger partial charge in [0.15, 0.2) is 0 Å². The highest BCUT2D eigenvalue weighted by molar-refractivity contribution is 5.77. The molecule has 25 heavy (non-hydrogen) atoms. The van der Waals surface area contributed by atoms with Gasteiger partial charge in [0, 0.05) is 31.8 Å². The fourth-order valence-corrected chi connectivity index (χ4v) is 3.57. The molecule has 1 saturated heterocycles. The molecule has 1 aliphatic heterocycles. The minimum Gasteiger partial charge on any atom is -0.497 e. The van der Waals surface area contributed by atoms with Crippen LogP contribution >= 0.6 is 0 Å². The molecule has 0 bridgehead atoms. The van der Waals surface area contributed by atoms with E-state index in [1.165, 1.54) is 5.56 Å². The standard InChI is InChI=1S/C20H27N3O2/c1-22-15-17(14-21-22)19-7-5-13-23(19)20(24)8-4-3-6-16-9-11-18(25-2)12-10-16/h9-12,14-15,19H,3-8,13H2,1-2H3/t19-/m0/s1. The SMILES string of the molecule is COc1ccc(CCCCC(=O)N2CCC[C@H]2c2cnn(C)c2)cc1. The van der Waals surface area contributed by atoms with Gasteiger partial charge in [-0.25, -0.2) is 0 Å². The smallest absolute Gasteiger partial charge is 0.223 e. The number of rotatable bonds is 7. The van der Waals surface area contributed by atoms with Gasteiger partial charge in [-0.3, -0.25) is 9.48 Å². The Hall–Kier alpha value is -2.30. The molecule has 0 aliphatic carbocycles. The molecule has 3 rings (SSSR count). The number of amides is 1. The monoisotopic (exact) mass is 341 g/mol. The lowest BCUT2D eigenvalue weighted by Crippen LogP contribution is -2.30. The number of nitrogens with zero attached hydrogens (tertiary/aromatic N) is 3. The van der Waals surface area contributed by atoms with Crippen molar-refractivity contribution in [3.8, 4) is 5.75 Å². The summed E-state index contributed by atoms with van der Waals surface area (Å²) in [7, 11) is 3.60. The number of carbonyl (C=O) groups is 1. The molecular weight excluding hydrogens is 314 g/mol. The van der Waals surface area contributed by atoms with Crippen molar-refractivity contribution in [3.63, 3.8) is 0 Å². The molecule has 5 nitrogen and oxygen atoms in total. The summed E-state index contributed by atoms with van der Waals surface area (Å²) >= 11 is 0. The number of hydrogen-bond donors (Lipinski definition) is 0. The molecule has 0 N–H and O–H groups in total. The van der Waals surface area contributed by atoms with Crippen LogP contribution in [0.3, 0.4) is 0 Å². The molecule has 134 valence electrons. The number of unbranched alkanes of at least 4 members (excludes halogenated alkanes) is 1. The minimum absolute atomic E-state index is 0.211. The highest BCUT2D eigenvalue weighted by Crippen LogP contribution is 2.32. The predicted molar refractivity (Wildman–Crippen MR) is 97.4 cm³/mol. The summed E-state index contributed by atoms with van der Waals surface area (Å²) in [6.45, 7) is 0.872. The lowest BCUT2D eigenvalue weighted by molar-refractivity contribution is -0.132. The summed E-state index contributed by atoms with van der Waals surface area (Å²) in [5.74, 6) is 1.16. The van der Waals surface area contributed by atoms with Crippen LogP contribution in [-0.2, 0) is 18.3 Å². The summed E-state index contributed by atoms with van der Waals surface area (Å²) in [6.07, 6.45) is 9.64. The first-order valence-electron chi connectivity index (χ1n) is 9.08. The van der Waals surface area contributed by atoms with E-state index in [4.69, 9.17) is 4.74 Å². The van der Waals surface area contributed by atoms with Gasteiger partial charge in [-0.2, -0.15) is 5.10 Å². The zero-order chi connectivity index (χ0) is 17.6. The topological polar surface area (TPSA) is 47.4 Å². The van der Waals surface area contributed by atoms with Gasteiger partial charge in [0.25, 0.3) is 0 Å². The normalized spacial score (nSPS) is 17.0. The van der Waals surface area contributed by atoms with Gasteiger partial charge in [-0.05, 0) is 49.8 Å². The summed E-state index contributed by atoms with van der Waals surface area (Å²) in [4.78, 5) is 14.7. The minimum atomic E-state index is 0.211. The molecule has 1 atom stereocenters. The van der Waals surface area contributed by atoms with Crippen LogP contribution in [0.4, 0.5) is 0 Å². The van der Waals surface area contributed by atoms with Crippen molar-refractivity contribution in [2.24, 2.45) is 7.05 Å². The Morgan fingerprint density at radius 2 is 2.08 bits per heavy atom. The number of aryl methyl sites for hydroxylation is 2. The predicted octanol–water partition coefficient (Wildman–Crippen LogP) is 3.51. The molecule has 0 saturated carbocycles. The van der Waals surface area contributed by atoms with E-state index in [-0.39, 0.29) is 11.9 Å². The first-order valence-corrected chi connectivity index (χ1v) is 9.08. The maximum atomic E-state index is 12.6. The molecule has 1 fully saturated rings. The van der Waals surface area contributed by atoms with Crippen molar-refractivity contribution in [1.82, 2.24) is 14.7 Å². The van der Waals surface area contributed by atoms with Gasteiger partial charge < -0.3 is 9.64 Å². The van der Waals surface area contributed by atoms with Crippen LogP contribution in [-0.4, -0.2) is 34.2 Å². The van der Waals surface area contributed by atoms with Crippen LogP contribution in [0.2, 0.25) is 0 Å². The van der Waals surface area contributed by atoms with Crippen LogP contribution in [0.1, 0.15) is 49.3 Å². The highest BCUT2D eigenvalue weighted by atomic mass is 16.5. The van der Waals surface area contributed by atoms with E-state index in [0.29, 0.717) is 6.42 Å². The average molecular weight is 341 g/mol. The van der Waals surface area contributed by atoms with E-state index in [0.717, 1.165) is 50.0 Å². The number of methoxy groups -OCH3 is 1. The average Bonchev–Trinajstić information content (AvgIpc) is 3.27. The van der Waals surface area contributed by atoms with Crippen molar-refractivity contribution in [2.75, 3.05) is 13.7 Å². The van der Waals surface area contributed by atoms with Crippen molar-refractivity contribution in [3.05, 3.63) is 47.8 Å². The fourth-order valence-electron chi connectivity index (χ4n) is 3.57. The Balaban J connectivity index is 1.45. The first-order chi connectivity index (χ1) is 12.2. The number of ether oxygens (including phenoxy) is 1. The van der Waals surface area contributed by atoms with Gasteiger partial charge in [0.1, 0.15) is 5.75 Å². The third-order valence-electron chi connectivity index (χ3n) is 4.95. The van der Waals surface area contributed by atoms with Gasteiger partial charge in [0.05, 0.1) is 19.3 Å². The molecular formula is C20H27N3O2. The summed E-state index contributed by atoms with van der Waals surface area (Å²) in [6, 6.07) is 8.38. The van der Waals surface area contributed by atoms with E-state index in [1.807, 2.05) is 41.2 Å². The second-order valence-electron chi connectivity index (χ2n) is 6.75. The van der Waals surface area contributed by atoms with E-state index in [2.05, 4.69) is 17.2 Å². The molecule has 0 spiro atoms. The number of benzene rings is 1. The quantitative estimate of drug-likeness (QED) is 0.724. The Morgan fingerprint density at radius 3 is 2.76 bits per heavy atom. The second-order valence-corrected chi connectivity index (χ2v) is 6.75. The first kappa shape index (κ1) is 17.5. The van der Waals surface area contributed by atoms with E-state index in [9.17, 15) is 4.79 Å². The molecule has 2 aromatic rings. The summed E-state index contributed by atoms with van der Waals surface area (Å²) in [5, 5.41) is 4.25. The number of likely N-dealkylation sites (tertiary alicyclic amines) is 1. The molecule has 2 heterocycles. The number of hydrogen-bond acceptors (Lipinski definition) is 3. The van der Waals surface area contributed by atoms with E-state index >= 15 is 0 Å². The lowest BCUT2D eigenvalue weighted by Gasteiger charge is -2.24. The maximum Gasteiger partial charge on any atom is 0.223 e. The Bertz CT molecular complexity index is 693. The molecule has 0 radical (unpaired) electrons. The van der Waals surface area contributed by atoms with Crippen LogP contribution in [0.25, 0.3) is 0 Å². The molecule has 1 aromatic carbocycles. The Labute approximate surface area is 149 Å². The fraction of sp³-hybridized carbons (Fsp3) is 0.500. The van der Waals surface area contributed by atoms with Crippen molar-refractivity contribution in [2.45, 2.75) is 44.6 Å². The van der Waals surface area contributed by atoms with Crippen molar-refractivity contribution >= 4 is 5.91 Å². The molecule has 0 unspecified atom stereocenters. The summed E-state index contributed by atoms with van der Waals surface area (Å²) < 4.78 is 6.99. The van der Waals surface area contributed by atoms with Crippen LogP contribution < -0.4 is 4.74 Å². The van der Waals surface area contributed by atoms with Gasteiger partial charge >= 0.3 is 0 Å². The van der Waals surface area contributed by atoms with Crippen LogP contribution in [0.5, 0.6) is 5.75 Å². The summed E-state index contributed by atoms with van der Waals surface area (Å²) in [5.41, 5.74) is 2.45. The third kappa shape index (κ3) is 4.41. The largest absolute Gasteiger partial charge is 0.497 e. The molecule has 1 amide bonds. The number of carbonyl (C=O) groups excluding carboxylic acids is 1. The molecule has 5 heteroatoms. The molecule has 1 aromatic heterocycles. The van der Waals surface area contributed by atoms with Crippen LogP contribution in [0.15, 0.2) is 36.7 Å². The van der Waals surface area contributed by atoms with Gasteiger partial charge in [-0.1, -0.05) is 12.1 Å². The zero-order valence-corrected chi connectivity index (χ0v) is 15.1. The highest BCUT2D eigenvalue weighted by Gasteiger charge is 2.30.